The van der Waals surface area contributed by atoms with Gasteiger partial charge in [-0.2, -0.15) is 0 Å². The number of hydrogen-bond donors (Lipinski definition) is 1. The number of nitrogens with one attached hydrogen (secondary N) is 1. The van der Waals surface area contributed by atoms with Crippen molar-refractivity contribution in [2.24, 2.45) is 11.3 Å². The van der Waals surface area contributed by atoms with E-state index in [0.29, 0.717) is 24.6 Å². The molecule has 1 saturated carbocycles. The topological polar surface area (TPSA) is 47.3 Å². The fourth-order valence-corrected chi connectivity index (χ4v) is 3.62. The molecule has 0 radical (unpaired) electrons. The fraction of sp³-hybridized carbons (Fsp3) is 0.786. The molecule has 3 unspecified atom stereocenters. The first-order chi connectivity index (χ1) is 8.59. The number of aromatic nitrogens is 1. The molecule has 2 fully saturated rings. The van der Waals surface area contributed by atoms with Crippen molar-refractivity contribution in [3.05, 3.63) is 17.8 Å². The van der Waals surface area contributed by atoms with Gasteiger partial charge >= 0.3 is 0 Å². The van der Waals surface area contributed by atoms with Crippen LogP contribution in [0.4, 0.5) is 0 Å². The Morgan fingerprint density at radius 1 is 1.50 bits per heavy atom. The van der Waals surface area contributed by atoms with E-state index < -0.39 is 0 Å². The smallest absolute Gasteiger partial charge is 0.208 e. The minimum absolute atomic E-state index is 0.215. The van der Waals surface area contributed by atoms with E-state index in [4.69, 9.17) is 9.15 Å². The van der Waals surface area contributed by atoms with Gasteiger partial charge in [-0.3, -0.25) is 0 Å². The predicted octanol–water partition coefficient (Wildman–Crippen LogP) is 2.28. The first kappa shape index (κ1) is 12.2. The van der Waals surface area contributed by atoms with Crippen LogP contribution in [-0.4, -0.2) is 23.7 Å². The third kappa shape index (κ3) is 1.88. The number of oxazole rings is 1. The van der Waals surface area contributed by atoms with Gasteiger partial charge in [0.1, 0.15) is 5.76 Å². The van der Waals surface area contributed by atoms with E-state index in [1.165, 1.54) is 12.8 Å². The van der Waals surface area contributed by atoms with Crippen molar-refractivity contribution in [3.8, 4) is 0 Å². The molecule has 4 nitrogen and oxygen atoms in total. The number of nitrogens with zero attached hydrogens (tertiary/aromatic N) is 1. The van der Waals surface area contributed by atoms with E-state index in [1.807, 2.05) is 6.92 Å². The molecule has 0 amide bonds. The average molecular weight is 250 g/mol. The summed E-state index contributed by atoms with van der Waals surface area (Å²) < 4.78 is 11.4. The van der Waals surface area contributed by atoms with Gasteiger partial charge in [-0.25, -0.2) is 4.98 Å². The molecular formula is C14H22N2O2. The predicted molar refractivity (Wildman–Crippen MR) is 68.1 cm³/mol. The molecule has 3 atom stereocenters. The maximum atomic E-state index is 5.90. The van der Waals surface area contributed by atoms with Crippen molar-refractivity contribution in [2.45, 2.75) is 52.3 Å². The minimum atomic E-state index is 0.215. The van der Waals surface area contributed by atoms with Gasteiger partial charge in [0, 0.05) is 24.0 Å². The minimum Gasteiger partial charge on any atom is -0.445 e. The van der Waals surface area contributed by atoms with E-state index in [0.717, 1.165) is 18.3 Å². The molecule has 1 aliphatic carbocycles. The van der Waals surface area contributed by atoms with Crippen LogP contribution >= 0.6 is 0 Å². The van der Waals surface area contributed by atoms with Crippen LogP contribution in [0.1, 0.15) is 38.3 Å². The summed E-state index contributed by atoms with van der Waals surface area (Å²) in [6, 6.07) is 0.509. The molecule has 1 N–H and O–H groups in total. The zero-order valence-electron chi connectivity index (χ0n) is 11.4. The van der Waals surface area contributed by atoms with Gasteiger partial charge in [0.05, 0.1) is 18.8 Å². The van der Waals surface area contributed by atoms with Crippen molar-refractivity contribution in [1.29, 1.82) is 0 Å². The molecule has 1 saturated heterocycles. The van der Waals surface area contributed by atoms with Crippen LogP contribution in [0.5, 0.6) is 0 Å². The monoisotopic (exact) mass is 250 g/mol. The summed E-state index contributed by atoms with van der Waals surface area (Å²) in [4.78, 5) is 4.24. The SMILES string of the molecule is Cc1cnc(CNC2C3CCCOC3C2(C)C)o1. The zero-order valence-corrected chi connectivity index (χ0v) is 11.4. The van der Waals surface area contributed by atoms with Crippen LogP contribution in [0, 0.1) is 18.3 Å². The van der Waals surface area contributed by atoms with Crippen LogP contribution < -0.4 is 5.32 Å². The molecule has 0 bridgehead atoms. The quantitative estimate of drug-likeness (QED) is 0.894. The number of rotatable bonds is 3. The van der Waals surface area contributed by atoms with Crippen LogP contribution in [0.25, 0.3) is 0 Å². The second-order valence-corrected chi connectivity index (χ2v) is 6.14. The molecule has 100 valence electrons. The zero-order chi connectivity index (χ0) is 12.8. The Labute approximate surface area is 108 Å². The first-order valence-electron chi connectivity index (χ1n) is 6.85. The Hall–Kier alpha value is -0.870. The van der Waals surface area contributed by atoms with E-state index in [9.17, 15) is 0 Å². The van der Waals surface area contributed by atoms with Gasteiger partial charge in [0.25, 0.3) is 0 Å². The first-order valence-corrected chi connectivity index (χ1v) is 6.85. The maximum Gasteiger partial charge on any atom is 0.208 e. The standard InChI is InChI=1S/C14H22N2O2/c1-9-7-15-11(18-9)8-16-12-10-5-4-6-17-13(10)14(12,2)3/h7,10,12-13,16H,4-6,8H2,1-3H3. The Morgan fingerprint density at radius 2 is 2.33 bits per heavy atom. The molecule has 0 spiro atoms. The van der Waals surface area contributed by atoms with Crippen molar-refractivity contribution in [2.75, 3.05) is 6.61 Å². The molecule has 0 aromatic carbocycles. The van der Waals surface area contributed by atoms with Crippen LogP contribution in [-0.2, 0) is 11.3 Å². The van der Waals surface area contributed by atoms with Gasteiger partial charge in [-0.15, -0.1) is 0 Å². The van der Waals surface area contributed by atoms with Crippen molar-refractivity contribution >= 4 is 0 Å². The molecule has 1 aliphatic heterocycles. The largest absolute Gasteiger partial charge is 0.445 e. The number of ether oxygens (including phenoxy) is 1. The second-order valence-electron chi connectivity index (χ2n) is 6.14. The third-order valence-corrected chi connectivity index (χ3v) is 4.47. The lowest BCUT2D eigenvalue weighted by Crippen LogP contribution is -2.69. The van der Waals surface area contributed by atoms with Crippen LogP contribution in [0.15, 0.2) is 10.6 Å². The highest BCUT2D eigenvalue weighted by Gasteiger charge is 2.57. The Kier molecular flexibility index (Phi) is 2.94. The summed E-state index contributed by atoms with van der Waals surface area (Å²) in [5.41, 5.74) is 0.215. The second kappa shape index (κ2) is 4.35. The lowest BCUT2D eigenvalue weighted by Gasteiger charge is -2.60. The molecule has 3 rings (SSSR count). The molecule has 2 heterocycles. The molecule has 4 heteroatoms. The summed E-state index contributed by atoms with van der Waals surface area (Å²) in [5.74, 6) is 2.31. The normalized spacial score (nSPS) is 33.8. The molecule has 1 aromatic rings. The van der Waals surface area contributed by atoms with E-state index in [-0.39, 0.29) is 5.41 Å². The lowest BCUT2D eigenvalue weighted by molar-refractivity contribution is -0.193. The van der Waals surface area contributed by atoms with Gasteiger partial charge in [0.15, 0.2) is 0 Å². The molecule has 1 aromatic heterocycles. The lowest BCUT2D eigenvalue weighted by atomic mass is 9.55. The highest BCUT2D eigenvalue weighted by Crippen LogP contribution is 2.51. The summed E-state index contributed by atoms with van der Waals surface area (Å²) in [6.07, 6.45) is 4.66. The Balaban J connectivity index is 1.62. The Morgan fingerprint density at radius 3 is 3.06 bits per heavy atom. The van der Waals surface area contributed by atoms with E-state index in [2.05, 4.69) is 24.1 Å². The molecule has 18 heavy (non-hydrogen) atoms. The van der Waals surface area contributed by atoms with Crippen LogP contribution in [0.2, 0.25) is 0 Å². The summed E-state index contributed by atoms with van der Waals surface area (Å²) >= 11 is 0. The van der Waals surface area contributed by atoms with E-state index in [1.54, 1.807) is 6.20 Å². The third-order valence-electron chi connectivity index (χ3n) is 4.47. The fourth-order valence-electron chi connectivity index (χ4n) is 3.62. The number of fused-ring (bicyclic) bond motifs is 1. The average Bonchev–Trinajstić information content (AvgIpc) is 2.75. The summed E-state index contributed by atoms with van der Waals surface area (Å²) in [6.45, 7) is 8.14. The van der Waals surface area contributed by atoms with Gasteiger partial charge in [-0.05, 0) is 19.8 Å². The molecular weight excluding hydrogens is 228 g/mol. The van der Waals surface area contributed by atoms with Crippen molar-refractivity contribution < 1.29 is 9.15 Å². The molecule has 2 aliphatic rings. The maximum absolute atomic E-state index is 5.90. The number of hydrogen-bond acceptors (Lipinski definition) is 4. The Bertz CT molecular complexity index is 427. The van der Waals surface area contributed by atoms with Crippen molar-refractivity contribution in [3.63, 3.8) is 0 Å². The van der Waals surface area contributed by atoms with Crippen LogP contribution in [0.3, 0.4) is 0 Å². The van der Waals surface area contributed by atoms with Gasteiger partial charge in [0.2, 0.25) is 5.89 Å². The summed E-state index contributed by atoms with van der Waals surface area (Å²) in [5, 5.41) is 3.60. The van der Waals surface area contributed by atoms with E-state index >= 15 is 0 Å². The highest BCUT2D eigenvalue weighted by molar-refractivity contribution is 5.10. The number of aryl methyl sites for hydroxylation is 1. The van der Waals surface area contributed by atoms with Gasteiger partial charge in [-0.1, -0.05) is 13.8 Å². The van der Waals surface area contributed by atoms with Gasteiger partial charge < -0.3 is 14.5 Å². The highest BCUT2D eigenvalue weighted by atomic mass is 16.5. The summed E-state index contributed by atoms with van der Waals surface area (Å²) in [7, 11) is 0. The van der Waals surface area contributed by atoms with Crippen molar-refractivity contribution in [1.82, 2.24) is 10.3 Å².